The Morgan fingerprint density at radius 3 is 2.42 bits per heavy atom. The molecule has 0 unspecified atom stereocenters. The Kier molecular flexibility index (Phi) is 8.96. The molecule has 0 fully saturated rings. The van der Waals surface area contributed by atoms with Gasteiger partial charge in [0.05, 0.1) is 6.61 Å². The average Bonchev–Trinajstić information content (AvgIpc) is 2.53. The number of hydrogen-bond acceptors (Lipinski definition) is 5. The maximum Gasteiger partial charge on any atom is 0.408 e. The number of carbonyl (C=O) groups is 2. The highest BCUT2D eigenvalue weighted by molar-refractivity contribution is 5.83. The van der Waals surface area contributed by atoms with Gasteiger partial charge in [-0.05, 0) is 45.7 Å². The van der Waals surface area contributed by atoms with E-state index in [1.54, 1.807) is 39.0 Å². The maximum atomic E-state index is 12.4. The molecule has 0 radical (unpaired) electrons. The lowest BCUT2D eigenvalue weighted by Gasteiger charge is -2.22. The highest BCUT2D eigenvalue weighted by Crippen LogP contribution is 2.20. The maximum absolute atomic E-state index is 12.4. The minimum absolute atomic E-state index is 0.385. The first-order chi connectivity index (χ1) is 12.2. The van der Waals surface area contributed by atoms with Crippen LogP contribution in [0.15, 0.2) is 24.3 Å². The van der Waals surface area contributed by atoms with Crippen LogP contribution < -0.4 is 14.8 Å². The summed E-state index contributed by atoms with van der Waals surface area (Å²) in [5.41, 5.74) is -0.630. The summed E-state index contributed by atoms with van der Waals surface area (Å²) >= 11 is 0. The minimum Gasteiger partial charge on any atom is -0.493 e. The molecule has 26 heavy (non-hydrogen) atoms. The molecule has 1 N–H and O–H groups in total. The van der Waals surface area contributed by atoms with Crippen LogP contribution in [0.3, 0.4) is 0 Å². The van der Waals surface area contributed by atoms with Crippen LogP contribution in [0.1, 0.15) is 60.3 Å². The number of benzene rings is 1. The van der Waals surface area contributed by atoms with Crippen LogP contribution >= 0.6 is 0 Å². The van der Waals surface area contributed by atoms with Gasteiger partial charge in [0.1, 0.15) is 23.1 Å². The summed E-state index contributed by atoms with van der Waals surface area (Å²) in [6.07, 6.45) is 2.55. The second-order valence-corrected chi connectivity index (χ2v) is 7.09. The summed E-state index contributed by atoms with van der Waals surface area (Å²) < 4.78 is 16.2. The zero-order chi connectivity index (χ0) is 19.6. The van der Waals surface area contributed by atoms with Crippen molar-refractivity contribution in [2.45, 2.75) is 71.9 Å². The molecule has 146 valence electrons. The molecule has 1 rings (SSSR count). The highest BCUT2D eigenvalue weighted by Gasteiger charge is 2.25. The Hall–Kier alpha value is -2.24. The Morgan fingerprint density at radius 1 is 1.12 bits per heavy atom. The van der Waals surface area contributed by atoms with E-state index in [0.717, 1.165) is 19.3 Å². The van der Waals surface area contributed by atoms with Gasteiger partial charge in [-0.1, -0.05) is 32.8 Å². The summed E-state index contributed by atoms with van der Waals surface area (Å²) in [6.45, 7) is 9.94. The number of rotatable bonds is 9. The monoisotopic (exact) mass is 365 g/mol. The first-order valence-electron chi connectivity index (χ1n) is 9.19. The smallest absolute Gasteiger partial charge is 0.408 e. The number of hydrogen-bond donors (Lipinski definition) is 1. The zero-order valence-electron chi connectivity index (χ0n) is 16.5. The van der Waals surface area contributed by atoms with Crippen molar-refractivity contribution in [1.82, 2.24) is 5.32 Å². The molecule has 1 amide bonds. The third-order valence-electron chi connectivity index (χ3n) is 3.34. The molecule has 0 aliphatic rings. The van der Waals surface area contributed by atoms with Crippen LogP contribution in [0.4, 0.5) is 4.79 Å². The van der Waals surface area contributed by atoms with Crippen molar-refractivity contribution in [2.75, 3.05) is 6.61 Å². The number of carbonyl (C=O) groups excluding carboxylic acids is 2. The summed E-state index contributed by atoms with van der Waals surface area (Å²) in [6, 6.07) is 6.17. The average molecular weight is 365 g/mol. The topological polar surface area (TPSA) is 73.9 Å². The fourth-order valence-electron chi connectivity index (χ4n) is 2.14. The molecule has 0 aromatic heterocycles. The van der Waals surface area contributed by atoms with E-state index in [0.29, 0.717) is 24.5 Å². The van der Waals surface area contributed by atoms with Crippen molar-refractivity contribution < 1.29 is 23.8 Å². The molecule has 0 aliphatic carbocycles. The van der Waals surface area contributed by atoms with E-state index in [4.69, 9.17) is 14.2 Å². The van der Waals surface area contributed by atoms with E-state index in [9.17, 15) is 9.59 Å². The first kappa shape index (κ1) is 21.8. The molecule has 0 spiro atoms. The molecule has 1 aromatic carbocycles. The first-order valence-corrected chi connectivity index (χ1v) is 9.19. The molecular formula is C20H31NO5. The molecule has 0 bridgehead atoms. The molecule has 0 saturated carbocycles. The van der Waals surface area contributed by atoms with Gasteiger partial charge in [-0.3, -0.25) is 0 Å². The van der Waals surface area contributed by atoms with Crippen LogP contribution in [-0.2, 0) is 9.53 Å². The molecule has 6 heteroatoms. The van der Waals surface area contributed by atoms with Crippen LogP contribution in [0.2, 0.25) is 0 Å². The Balaban J connectivity index is 2.69. The normalized spacial score (nSPS) is 12.2. The van der Waals surface area contributed by atoms with Crippen molar-refractivity contribution in [3.8, 4) is 11.5 Å². The van der Waals surface area contributed by atoms with Gasteiger partial charge in [0.2, 0.25) is 0 Å². The SMILES string of the molecule is CCCCOc1cccc(OC(=O)[C@@H](CCC)NC(=O)OC(C)(C)C)c1. The van der Waals surface area contributed by atoms with Gasteiger partial charge in [0, 0.05) is 6.07 Å². The van der Waals surface area contributed by atoms with Crippen molar-refractivity contribution in [2.24, 2.45) is 0 Å². The van der Waals surface area contributed by atoms with Crippen LogP contribution in [0.5, 0.6) is 11.5 Å². The second kappa shape index (κ2) is 10.7. The summed E-state index contributed by atoms with van der Waals surface area (Å²) in [4.78, 5) is 24.4. The van der Waals surface area contributed by atoms with Gasteiger partial charge in [-0.15, -0.1) is 0 Å². The lowest BCUT2D eigenvalue weighted by atomic mass is 10.1. The fraction of sp³-hybridized carbons (Fsp3) is 0.600. The van der Waals surface area contributed by atoms with Crippen molar-refractivity contribution >= 4 is 12.1 Å². The largest absolute Gasteiger partial charge is 0.493 e. The molecule has 0 heterocycles. The van der Waals surface area contributed by atoms with Crippen LogP contribution in [0, 0.1) is 0 Å². The van der Waals surface area contributed by atoms with E-state index >= 15 is 0 Å². The summed E-state index contributed by atoms with van der Waals surface area (Å²) in [5, 5.41) is 2.58. The molecule has 1 aromatic rings. The fourth-order valence-corrected chi connectivity index (χ4v) is 2.14. The Labute approximate surface area is 156 Å². The molecular weight excluding hydrogens is 334 g/mol. The van der Waals surface area contributed by atoms with Gasteiger partial charge < -0.3 is 19.5 Å². The predicted octanol–water partition coefficient (Wildman–Crippen LogP) is 4.46. The number of alkyl carbamates (subject to hydrolysis) is 1. The zero-order valence-corrected chi connectivity index (χ0v) is 16.5. The van der Waals surface area contributed by atoms with Crippen LogP contribution in [-0.4, -0.2) is 30.3 Å². The van der Waals surface area contributed by atoms with Crippen molar-refractivity contribution in [3.63, 3.8) is 0 Å². The van der Waals surface area contributed by atoms with Crippen molar-refractivity contribution in [1.29, 1.82) is 0 Å². The Morgan fingerprint density at radius 2 is 1.81 bits per heavy atom. The minimum atomic E-state index is -0.764. The van der Waals surface area contributed by atoms with E-state index < -0.39 is 23.7 Å². The molecule has 1 atom stereocenters. The Bertz CT molecular complexity index is 580. The molecule has 6 nitrogen and oxygen atoms in total. The number of unbranched alkanes of at least 4 members (excludes halogenated alkanes) is 1. The summed E-state index contributed by atoms with van der Waals surface area (Å²) in [7, 11) is 0. The number of esters is 1. The number of amides is 1. The van der Waals surface area contributed by atoms with Crippen molar-refractivity contribution in [3.05, 3.63) is 24.3 Å². The van der Waals surface area contributed by atoms with E-state index in [2.05, 4.69) is 12.2 Å². The highest BCUT2D eigenvalue weighted by atomic mass is 16.6. The van der Waals surface area contributed by atoms with Gasteiger partial charge >= 0.3 is 12.1 Å². The lowest BCUT2D eigenvalue weighted by molar-refractivity contribution is -0.137. The third kappa shape index (κ3) is 8.74. The molecule has 0 aliphatic heterocycles. The summed E-state index contributed by atoms with van der Waals surface area (Å²) in [5.74, 6) is 0.510. The third-order valence-corrected chi connectivity index (χ3v) is 3.34. The van der Waals surface area contributed by atoms with E-state index in [1.807, 2.05) is 13.0 Å². The van der Waals surface area contributed by atoms with Gasteiger partial charge in [-0.25, -0.2) is 9.59 Å². The van der Waals surface area contributed by atoms with Gasteiger partial charge in [0.25, 0.3) is 0 Å². The predicted molar refractivity (Wildman–Crippen MR) is 101 cm³/mol. The van der Waals surface area contributed by atoms with Gasteiger partial charge in [-0.2, -0.15) is 0 Å². The second-order valence-electron chi connectivity index (χ2n) is 7.09. The lowest BCUT2D eigenvalue weighted by Crippen LogP contribution is -2.45. The van der Waals surface area contributed by atoms with Crippen LogP contribution in [0.25, 0.3) is 0 Å². The van der Waals surface area contributed by atoms with E-state index in [1.165, 1.54) is 0 Å². The number of nitrogens with one attached hydrogen (secondary N) is 1. The quantitative estimate of drug-likeness (QED) is 0.397. The van der Waals surface area contributed by atoms with E-state index in [-0.39, 0.29) is 0 Å². The number of ether oxygens (including phenoxy) is 3. The molecule has 0 saturated heterocycles. The van der Waals surface area contributed by atoms with Gasteiger partial charge in [0.15, 0.2) is 0 Å². The standard InChI is InChI=1S/C20H31NO5/c1-6-8-13-24-15-11-9-12-16(14-15)25-18(22)17(10-7-2)21-19(23)26-20(3,4)5/h9,11-12,14,17H,6-8,10,13H2,1-5H3,(H,21,23)/t17-/m1/s1.